The Labute approximate surface area is 137 Å². The maximum atomic E-state index is 12.5. The quantitative estimate of drug-likeness (QED) is 0.784. The van der Waals surface area contributed by atoms with Gasteiger partial charge in [-0.05, 0) is 28.8 Å². The lowest BCUT2D eigenvalue weighted by atomic mass is 10.1. The summed E-state index contributed by atoms with van der Waals surface area (Å²) in [6, 6.07) is 11.1. The van der Waals surface area contributed by atoms with Gasteiger partial charge in [0.25, 0.3) is 5.91 Å². The monoisotopic (exact) mass is 338 g/mol. The molecule has 0 aliphatic rings. The summed E-state index contributed by atoms with van der Waals surface area (Å²) in [5, 5.41) is 12.5. The maximum Gasteiger partial charge on any atom is 0.416 e. The zero-order valence-corrected chi connectivity index (χ0v) is 12.7. The van der Waals surface area contributed by atoms with E-state index in [0.29, 0.717) is 6.54 Å². The van der Waals surface area contributed by atoms with Crippen molar-refractivity contribution in [3.8, 4) is 0 Å². The van der Waals surface area contributed by atoms with Crippen molar-refractivity contribution in [3.63, 3.8) is 0 Å². The molecule has 0 spiro atoms. The lowest BCUT2D eigenvalue weighted by Gasteiger charge is -2.14. The minimum absolute atomic E-state index is 0.0904. The fraction of sp³-hybridized carbons (Fsp3) is 0.235. The highest BCUT2D eigenvalue weighted by atomic mass is 19.4. The highest BCUT2D eigenvalue weighted by Crippen LogP contribution is 2.29. The molecule has 1 atom stereocenters. The topological polar surface area (TPSA) is 75.3 Å². The van der Waals surface area contributed by atoms with Gasteiger partial charge in [-0.25, -0.2) is 0 Å². The lowest BCUT2D eigenvalue weighted by Crippen LogP contribution is -2.29. The predicted octanol–water partition coefficient (Wildman–Crippen LogP) is 2.51. The van der Waals surface area contributed by atoms with Crippen LogP contribution in [-0.4, -0.2) is 11.0 Å². The standard InChI is InChI=1S/C17H17F3N2O2/c18-17(19,20)14-7-5-11(6-8-14)15(23)16(24)22-10-13-4-2-1-3-12(13)9-21/h1-8,15,23H,9-10,21H2,(H,22,24). The van der Waals surface area contributed by atoms with Crippen LogP contribution in [0.4, 0.5) is 13.2 Å². The Hall–Kier alpha value is -2.38. The van der Waals surface area contributed by atoms with Crippen LogP contribution in [0, 0.1) is 0 Å². The molecule has 128 valence electrons. The molecule has 0 radical (unpaired) electrons. The molecule has 0 fully saturated rings. The van der Waals surface area contributed by atoms with Gasteiger partial charge in [-0.3, -0.25) is 4.79 Å². The Morgan fingerprint density at radius 1 is 1.08 bits per heavy atom. The molecule has 0 aliphatic carbocycles. The van der Waals surface area contributed by atoms with Gasteiger partial charge in [0.2, 0.25) is 0 Å². The van der Waals surface area contributed by atoms with E-state index in [2.05, 4.69) is 5.32 Å². The number of nitrogens with two attached hydrogens (primary N) is 1. The van der Waals surface area contributed by atoms with E-state index in [1.54, 1.807) is 12.1 Å². The molecule has 0 heterocycles. The summed E-state index contributed by atoms with van der Waals surface area (Å²) in [5.74, 6) is -0.693. The number of amides is 1. The first-order chi connectivity index (χ1) is 11.3. The van der Waals surface area contributed by atoms with Gasteiger partial charge in [0, 0.05) is 13.1 Å². The fourth-order valence-corrected chi connectivity index (χ4v) is 2.21. The van der Waals surface area contributed by atoms with Crippen molar-refractivity contribution in [1.29, 1.82) is 0 Å². The van der Waals surface area contributed by atoms with E-state index in [9.17, 15) is 23.1 Å². The number of benzene rings is 2. The minimum atomic E-state index is -4.46. The molecule has 24 heavy (non-hydrogen) atoms. The first-order valence-corrected chi connectivity index (χ1v) is 7.22. The van der Waals surface area contributed by atoms with Gasteiger partial charge in [-0.2, -0.15) is 13.2 Å². The number of hydrogen-bond acceptors (Lipinski definition) is 3. The summed E-state index contributed by atoms with van der Waals surface area (Å²) in [7, 11) is 0. The van der Waals surface area contributed by atoms with Crippen LogP contribution in [0.3, 0.4) is 0 Å². The van der Waals surface area contributed by atoms with E-state index in [1.165, 1.54) is 0 Å². The number of aliphatic hydroxyl groups excluding tert-OH is 1. The molecule has 0 saturated carbocycles. The zero-order valence-electron chi connectivity index (χ0n) is 12.7. The highest BCUT2D eigenvalue weighted by molar-refractivity contribution is 5.81. The summed E-state index contributed by atoms with van der Waals surface area (Å²) >= 11 is 0. The average Bonchev–Trinajstić information content (AvgIpc) is 2.58. The van der Waals surface area contributed by atoms with Crippen molar-refractivity contribution in [2.45, 2.75) is 25.4 Å². The third-order valence-electron chi connectivity index (χ3n) is 3.59. The fourth-order valence-electron chi connectivity index (χ4n) is 2.21. The number of rotatable bonds is 5. The normalized spacial score (nSPS) is 12.7. The van der Waals surface area contributed by atoms with Crippen molar-refractivity contribution >= 4 is 5.91 Å². The summed E-state index contributed by atoms with van der Waals surface area (Å²) in [6.45, 7) is 0.484. The second-order valence-corrected chi connectivity index (χ2v) is 5.21. The number of hydrogen-bond donors (Lipinski definition) is 3. The minimum Gasteiger partial charge on any atom is -0.378 e. The molecule has 0 bridgehead atoms. The van der Waals surface area contributed by atoms with Gasteiger partial charge in [-0.1, -0.05) is 36.4 Å². The van der Waals surface area contributed by atoms with Crippen molar-refractivity contribution in [2.24, 2.45) is 5.73 Å². The third kappa shape index (κ3) is 4.33. The Bertz CT molecular complexity index is 700. The SMILES string of the molecule is NCc1ccccc1CNC(=O)C(O)c1ccc(C(F)(F)F)cc1. The molecule has 1 amide bonds. The molecule has 4 N–H and O–H groups in total. The largest absolute Gasteiger partial charge is 0.416 e. The van der Waals surface area contributed by atoms with Crippen LogP contribution in [-0.2, 0) is 24.1 Å². The molecule has 0 aliphatic heterocycles. The second kappa shape index (κ2) is 7.46. The third-order valence-corrected chi connectivity index (χ3v) is 3.59. The van der Waals surface area contributed by atoms with Gasteiger partial charge in [0.15, 0.2) is 6.10 Å². The molecule has 2 aromatic rings. The maximum absolute atomic E-state index is 12.5. The Morgan fingerprint density at radius 3 is 2.21 bits per heavy atom. The lowest BCUT2D eigenvalue weighted by molar-refractivity contribution is -0.137. The number of carbonyl (C=O) groups excluding carboxylic acids is 1. The molecular formula is C17H17F3N2O2. The highest BCUT2D eigenvalue weighted by Gasteiger charge is 2.30. The number of nitrogens with one attached hydrogen (secondary N) is 1. The first-order valence-electron chi connectivity index (χ1n) is 7.22. The molecular weight excluding hydrogens is 321 g/mol. The summed E-state index contributed by atoms with van der Waals surface area (Å²) < 4.78 is 37.5. The van der Waals surface area contributed by atoms with Crippen LogP contribution in [0.25, 0.3) is 0 Å². The number of halogens is 3. The van der Waals surface area contributed by atoms with Crippen LogP contribution < -0.4 is 11.1 Å². The number of carbonyl (C=O) groups is 1. The molecule has 2 rings (SSSR count). The zero-order chi connectivity index (χ0) is 17.7. The van der Waals surface area contributed by atoms with E-state index in [-0.39, 0.29) is 12.1 Å². The van der Waals surface area contributed by atoms with E-state index >= 15 is 0 Å². The summed E-state index contributed by atoms with van der Waals surface area (Å²) in [5.41, 5.74) is 6.53. The molecule has 0 aromatic heterocycles. The smallest absolute Gasteiger partial charge is 0.378 e. The summed E-state index contributed by atoms with van der Waals surface area (Å²) in [6.07, 6.45) is -6.00. The Kier molecular flexibility index (Phi) is 5.58. The Morgan fingerprint density at radius 2 is 1.67 bits per heavy atom. The van der Waals surface area contributed by atoms with Crippen LogP contribution in [0.5, 0.6) is 0 Å². The van der Waals surface area contributed by atoms with E-state index in [1.807, 2.05) is 12.1 Å². The van der Waals surface area contributed by atoms with Crippen LogP contribution in [0.1, 0.15) is 28.4 Å². The number of alkyl halides is 3. The van der Waals surface area contributed by atoms with E-state index in [4.69, 9.17) is 5.73 Å². The molecule has 0 saturated heterocycles. The van der Waals surface area contributed by atoms with Crippen molar-refractivity contribution in [1.82, 2.24) is 5.32 Å². The van der Waals surface area contributed by atoms with Crippen molar-refractivity contribution < 1.29 is 23.1 Å². The number of aliphatic hydroxyl groups is 1. The molecule has 2 aromatic carbocycles. The van der Waals surface area contributed by atoms with Gasteiger partial charge < -0.3 is 16.2 Å². The van der Waals surface area contributed by atoms with Crippen LogP contribution >= 0.6 is 0 Å². The van der Waals surface area contributed by atoms with Crippen LogP contribution in [0.15, 0.2) is 48.5 Å². The summed E-state index contributed by atoms with van der Waals surface area (Å²) in [4.78, 5) is 12.0. The Balaban J connectivity index is 2.02. The van der Waals surface area contributed by atoms with Gasteiger partial charge in [0.05, 0.1) is 5.56 Å². The predicted molar refractivity (Wildman–Crippen MR) is 82.6 cm³/mol. The van der Waals surface area contributed by atoms with Gasteiger partial charge >= 0.3 is 6.18 Å². The van der Waals surface area contributed by atoms with Gasteiger partial charge in [-0.15, -0.1) is 0 Å². The first kappa shape index (κ1) is 18.0. The van der Waals surface area contributed by atoms with Crippen molar-refractivity contribution in [3.05, 3.63) is 70.8 Å². The van der Waals surface area contributed by atoms with Crippen molar-refractivity contribution in [2.75, 3.05) is 0 Å². The van der Waals surface area contributed by atoms with E-state index in [0.717, 1.165) is 35.4 Å². The van der Waals surface area contributed by atoms with Crippen LogP contribution in [0.2, 0.25) is 0 Å². The average molecular weight is 338 g/mol. The molecule has 1 unspecified atom stereocenters. The van der Waals surface area contributed by atoms with Gasteiger partial charge in [0.1, 0.15) is 0 Å². The molecule has 4 nitrogen and oxygen atoms in total. The van der Waals surface area contributed by atoms with E-state index < -0.39 is 23.8 Å². The molecule has 7 heteroatoms. The second-order valence-electron chi connectivity index (χ2n) is 5.21.